The number of ether oxygens (including phenoxy) is 1. The van der Waals surface area contributed by atoms with E-state index >= 15 is 0 Å². The largest absolute Gasteiger partial charge is 0.450 e. The summed E-state index contributed by atoms with van der Waals surface area (Å²) in [6.07, 6.45) is 5.93. The molecule has 3 fully saturated rings. The number of hydrogen-bond donors (Lipinski definition) is 1. The first-order chi connectivity index (χ1) is 14.4. The normalized spacial score (nSPS) is 30.5. The van der Waals surface area contributed by atoms with Crippen LogP contribution < -0.4 is 5.73 Å². The first kappa shape index (κ1) is 19.6. The third kappa shape index (κ3) is 3.04. The molecule has 2 aromatic rings. The second-order valence-corrected chi connectivity index (χ2v) is 9.62. The smallest absolute Gasteiger partial charge is 0.322 e. The van der Waals surface area contributed by atoms with E-state index in [0.717, 1.165) is 29.5 Å². The summed E-state index contributed by atoms with van der Waals surface area (Å²) in [6.45, 7) is 1.92. The predicted octanol–water partition coefficient (Wildman–Crippen LogP) is 5.45. The average molecular weight is 424 g/mol. The Morgan fingerprint density at radius 2 is 1.80 bits per heavy atom. The molecule has 0 radical (unpaired) electrons. The van der Waals surface area contributed by atoms with Crippen molar-refractivity contribution in [1.29, 1.82) is 0 Å². The second-order valence-electron chi connectivity index (χ2n) is 9.22. The van der Waals surface area contributed by atoms with Crippen molar-refractivity contribution in [3.8, 4) is 11.1 Å². The second kappa shape index (κ2) is 7.12. The molecule has 156 valence electrons. The highest BCUT2D eigenvalue weighted by atomic mass is 35.5. The predicted molar refractivity (Wildman–Crippen MR) is 117 cm³/mol. The van der Waals surface area contributed by atoms with Crippen molar-refractivity contribution in [2.45, 2.75) is 57.0 Å². The number of Topliss-reactive ketones (excluding diaryl/α,β-unsaturated/α-hetero) is 1. The van der Waals surface area contributed by atoms with Crippen molar-refractivity contribution in [3.63, 3.8) is 0 Å². The molecule has 4 atom stereocenters. The summed E-state index contributed by atoms with van der Waals surface area (Å²) in [7, 11) is 0. The molecule has 0 amide bonds. The summed E-state index contributed by atoms with van der Waals surface area (Å²) in [5.74, 6) is -0.169. The lowest BCUT2D eigenvalue weighted by molar-refractivity contribution is -0.157. The summed E-state index contributed by atoms with van der Waals surface area (Å²) in [4.78, 5) is 26.4. The zero-order chi connectivity index (χ0) is 21.0. The number of anilines is 1. The summed E-state index contributed by atoms with van der Waals surface area (Å²) in [5.41, 5.74) is 8.88. The van der Waals surface area contributed by atoms with Gasteiger partial charge >= 0.3 is 5.97 Å². The maximum atomic E-state index is 13.5. The lowest BCUT2D eigenvalue weighted by Gasteiger charge is -2.37. The van der Waals surface area contributed by atoms with Crippen molar-refractivity contribution in [2.24, 2.45) is 11.8 Å². The molecule has 30 heavy (non-hydrogen) atoms. The minimum Gasteiger partial charge on any atom is -0.450 e. The van der Waals surface area contributed by atoms with Gasteiger partial charge in [0.05, 0.1) is 0 Å². The molecule has 0 bridgehead atoms. The Morgan fingerprint density at radius 3 is 2.57 bits per heavy atom. The fourth-order valence-corrected chi connectivity index (χ4v) is 6.14. The van der Waals surface area contributed by atoms with Crippen LogP contribution in [0.25, 0.3) is 11.1 Å². The Hall–Kier alpha value is -2.33. The van der Waals surface area contributed by atoms with Gasteiger partial charge in [0.15, 0.2) is 11.4 Å². The molecule has 1 heterocycles. The molecule has 2 aromatic carbocycles. The number of carbonyl (C=O) groups is 2. The Bertz CT molecular complexity index is 1030. The van der Waals surface area contributed by atoms with Crippen LogP contribution in [0.4, 0.5) is 5.69 Å². The van der Waals surface area contributed by atoms with E-state index in [2.05, 4.69) is 0 Å². The molecule has 3 aliphatic rings. The van der Waals surface area contributed by atoms with Gasteiger partial charge in [-0.15, -0.1) is 0 Å². The van der Waals surface area contributed by atoms with Crippen LogP contribution in [0.1, 0.15) is 55.6 Å². The van der Waals surface area contributed by atoms with Gasteiger partial charge in [0, 0.05) is 16.3 Å². The summed E-state index contributed by atoms with van der Waals surface area (Å²) >= 11 is 6.61. The zero-order valence-corrected chi connectivity index (χ0v) is 17.9. The Labute approximate surface area is 181 Å². The van der Waals surface area contributed by atoms with Gasteiger partial charge in [-0.05, 0) is 79.0 Å². The van der Waals surface area contributed by atoms with Crippen LogP contribution >= 0.6 is 11.6 Å². The van der Waals surface area contributed by atoms with Gasteiger partial charge in [0.2, 0.25) is 0 Å². The average Bonchev–Trinajstić information content (AvgIpc) is 3.27. The molecule has 1 spiro atoms. The molecule has 0 aromatic heterocycles. The molecule has 1 saturated heterocycles. The van der Waals surface area contributed by atoms with Gasteiger partial charge in [-0.1, -0.05) is 43.0 Å². The van der Waals surface area contributed by atoms with Crippen LogP contribution in [0.2, 0.25) is 5.02 Å². The Kier molecular flexibility index (Phi) is 4.66. The highest BCUT2D eigenvalue weighted by Crippen LogP contribution is 2.52. The minimum absolute atomic E-state index is 0.0720. The van der Waals surface area contributed by atoms with E-state index in [9.17, 15) is 9.59 Å². The third-order valence-corrected chi connectivity index (χ3v) is 7.77. The van der Waals surface area contributed by atoms with Crippen molar-refractivity contribution in [2.75, 3.05) is 5.73 Å². The van der Waals surface area contributed by atoms with E-state index < -0.39 is 17.5 Å². The Balaban J connectivity index is 1.48. The van der Waals surface area contributed by atoms with E-state index in [-0.39, 0.29) is 5.78 Å². The van der Waals surface area contributed by atoms with Crippen LogP contribution in [0.5, 0.6) is 0 Å². The highest BCUT2D eigenvalue weighted by Gasteiger charge is 2.59. The minimum atomic E-state index is -0.929. The number of ketones is 1. The van der Waals surface area contributed by atoms with Crippen LogP contribution in [0.3, 0.4) is 0 Å². The molecule has 5 rings (SSSR count). The zero-order valence-electron chi connectivity index (χ0n) is 17.1. The van der Waals surface area contributed by atoms with E-state index in [1.54, 1.807) is 6.07 Å². The topological polar surface area (TPSA) is 69.4 Å². The number of benzene rings is 2. The molecule has 2 aliphatic carbocycles. The van der Waals surface area contributed by atoms with Crippen molar-refractivity contribution in [3.05, 3.63) is 52.5 Å². The number of esters is 1. The molecule has 4 nitrogen and oxygen atoms in total. The maximum absolute atomic E-state index is 13.5. The van der Waals surface area contributed by atoms with E-state index in [1.807, 2.05) is 37.3 Å². The molecule has 1 aliphatic heterocycles. The standard InChI is InChI=1S/C25H26ClNO3/c1-14-11-20(16-5-7-18(27)8-6-16)21(26)12-19(14)22-23(28)25(30-24(22)29)10-9-15-3-2-4-17(15)13-25/h5-8,11-12,15,17,22H,2-4,9-10,13,27H2,1H3. The third-order valence-electron chi connectivity index (χ3n) is 7.46. The fraction of sp³-hybridized carbons (Fsp3) is 0.440. The summed E-state index contributed by atoms with van der Waals surface area (Å²) < 4.78 is 5.85. The lowest BCUT2D eigenvalue weighted by atomic mass is 9.70. The molecular formula is C25H26ClNO3. The number of aryl methyl sites for hydroxylation is 1. The number of fused-ring (bicyclic) bond motifs is 1. The van der Waals surface area contributed by atoms with Crippen LogP contribution in [-0.2, 0) is 14.3 Å². The Morgan fingerprint density at radius 1 is 1.07 bits per heavy atom. The van der Waals surface area contributed by atoms with Crippen molar-refractivity contribution < 1.29 is 14.3 Å². The van der Waals surface area contributed by atoms with Gasteiger partial charge in [-0.25, -0.2) is 0 Å². The van der Waals surface area contributed by atoms with Gasteiger partial charge in [0.1, 0.15) is 5.92 Å². The van der Waals surface area contributed by atoms with E-state index in [4.69, 9.17) is 22.1 Å². The van der Waals surface area contributed by atoms with Crippen LogP contribution in [-0.4, -0.2) is 17.4 Å². The number of carbonyl (C=O) groups excluding carboxylic acids is 2. The monoisotopic (exact) mass is 423 g/mol. The molecule has 4 unspecified atom stereocenters. The van der Waals surface area contributed by atoms with Gasteiger partial charge in [0.25, 0.3) is 0 Å². The quantitative estimate of drug-likeness (QED) is 0.396. The summed E-state index contributed by atoms with van der Waals surface area (Å²) in [6, 6.07) is 11.2. The maximum Gasteiger partial charge on any atom is 0.322 e. The molecule has 2 N–H and O–H groups in total. The molecule has 2 saturated carbocycles. The van der Waals surface area contributed by atoms with Crippen molar-refractivity contribution in [1.82, 2.24) is 0 Å². The van der Waals surface area contributed by atoms with Gasteiger partial charge in [-0.2, -0.15) is 0 Å². The number of rotatable bonds is 2. The molecule has 5 heteroatoms. The summed E-state index contributed by atoms with van der Waals surface area (Å²) in [5, 5.41) is 0.515. The SMILES string of the molecule is Cc1cc(-c2ccc(N)cc2)c(Cl)cc1C1C(=O)OC2(CCC3CCCC3C2)C1=O. The number of nitrogens with two attached hydrogens (primary N) is 1. The first-order valence-corrected chi connectivity index (χ1v) is 11.2. The number of halogens is 1. The number of hydrogen-bond acceptors (Lipinski definition) is 4. The first-order valence-electron chi connectivity index (χ1n) is 10.8. The van der Waals surface area contributed by atoms with Gasteiger partial charge < -0.3 is 10.5 Å². The van der Waals surface area contributed by atoms with Crippen LogP contribution in [0, 0.1) is 18.8 Å². The van der Waals surface area contributed by atoms with E-state index in [0.29, 0.717) is 41.0 Å². The lowest BCUT2D eigenvalue weighted by Crippen LogP contribution is -2.43. The fourth-order valence-electron chi connectivity index (χ4n) is 5.85. The number of nitrogen functional groups attached to an aromatic ring is 1. The van der Waals surface area contributed by atoms with Gasteiger partial charge in [-0.3, -0.25) is 9.59 Å². The van der Waals surface area contributed by atoms with Crippen LogP contribution in [0.15, 0.2) is 36.4 Å². The van der Waals surface area contributed by atoms with E-state index in [1.165, 1.54) is 12.8 Å². The molecular weight excluding hydrogens is 398 g/mol. The van der Waals surface area contributed by atoms with Crippen molar-refractivity contribution >= 4 is 29.0 Å². The highest BCUT2D eigenvalue weighted by molar-refractivity contribution is 6.33.